The number of nitrogens with two attached hydrogens (primary N) is 1. The molecule has 1 rings (SSSR count). The van der Waals surface area contributed by atoms with Gasteiger partial charge in [-0.15, -0.1) is 0 Å². The Morgan fingerprint density at radius 3 is 2.33 bits per heavy atom. The Bertz CT molecular complexity index is 599. The van der Waals surface area contributed by atoms with Gasteiger partial charge in [-0.1, -0.05) is 26.7 Å². The van der Waals surface area contributed by atoms with Crippen LogP contribution in [0.2, 0.25) is 0 Å². The van der Waals surface area contributed by atoms with Crippen LogP contribution in [0.25, 0.3) is 0 Å². The number of nitrogens with one attached hydrogen (secondary N) is 1. The van der Waals surface area contributed by atoms with E-state index in [0.29, 0.717) is 12.2 Å². The lowest BCUT2D eigenvalue weighted by Crippen LogP contribution is -2.43. The predicted octanol–water partition coefficient (Wildman–Crippen LogP) is 1.92. The second-order valence-electron chi connectivity index (χ2n) is 6.17. The summed E-state index contributed by atoms with van der Waals surface area (Å²) in [5.74, 6) is 0.237. The SMILES string of the molecule is CCCCn1c(N)c(NC(C)(C)CCC)c(=O)n(C)c1=O. The van der Waals surface area contributed by atoms with E-state index in [1.54, 1.807) is 0 Å². The van der Waals surface area contributed by atoms with Crippen LogP contribution in [0.15, 0.2) is 9.59 Å². The van der Waals surface area contributed by atoms with Gasteiger partial charge in [-0.05, 0) is 26.7 Å². The zero-order valence-electron chi connectivity index (χ0n) is 13.8. The van der Waals surface area contributed by atoms with Crippen molar-refractivity contribution in [1.82, 2.24) is 9.13 Å². The number of rotatable bonds is 7. The summed E-state index contributed by atoms with van der Waals surface area (Å²) in [5, 5.41) is 3.22. The molecule has 0 atom stereocenters. The molecule has 0 saturated heterocycles. The monoisotopic (exact) mass is 296 g/mol. The molecule has 6 nitrogen and oxygen atoms in total. The van der Waals surface area contributed by atoms with E-state index in [2.05, 4.69) is 12.2 Å². The molecule has 0 aliphatic rings. The fourth-order valence-electron chi connectivity index (χ4n) is 2.46. The number of unbranched alkanes of at least 4 members (excludes halogenated alkanes) is 1. The molecule has 0 amide bonds. The van der Waals surface area contributed by atoms with E-state index in [0.717, 1.165) is 30.3 Å². The second-order valence-corrected chi connectivity index (χ2v) is 6.17. The van der Waals surface area contributed by atoms with Crippen molar-refractivity contribution < 1.29 is 0 Å². The van der Waals surface area contributed by atoms with Crippen molar-refractivity contribution in [3.05, 3.63) is 20.8 Å². The van der Waals surface area contributed by atoms with Crippen LogP contribution in [0.1, 0.15) is 53.4 Å². The van der Waals surface area contributed by atoms with Gasteiger partial charge in [0, 0.05) is 19.1 Å². The van der Waals surface area contributed by atoms with Crippen LogP contribution in [-0.2, 0) is 13.6 Å². The molecule has 0 saturated carbocycles. The van der Waals surface area contributed by atoms with Gasteiger partial charge in [0.2, 0.25) is 0 Å². The minimum Gasteiger partial charge on any atom is -0.383 e. The van der Waals surface area contributed by atoms with E-state index in [4.69, 9.17) is 5.73 Å². The molecule has 0 fully saturated rings. The van der Waals surface area contributed by atoms with E-state index >= 15 is 0 Å². The summed E-state index contributed by atoms with van der Waals surface area (Å²) in [7, 11) is 1.49. The molecule has 1 heterocycles. The van der Waals surface area contributed by atoms with Gasteiger partial charge in [0.15, 0.2) is 0 Å². The van der Waals surface area contributed by atoms with Gasteiger partial charge >= 0.3 is 5.69 Å². The number of hydrogen-bond acceptors (Lipinski definition) is 4. The first-order chi connectivity index (χ1) is 9.75. The molecule has 0 radical (unpaired) electrons. The summed E-state index contributed by atoms with van der Waals surface area (Å²) in [6, 6.07) is 0. The third-order valence-electron chi connectivity index (χ3n) is 3.66. The molecule has 0 aliphatic heterocycles. The van der Waals surface area contributed by atoms with Crippen LogP contribution in [0, 0.1) is 0 Å². The van der Waals surface area contributed by atoms with Crippen LogP contribution in [0.4, 0.5) is 11.5 Å². The van der Waals surface area contributed by atoms with Crippen LogP contribution in [-0.4, -0.2) is 14.7 Å². The molecule has 21 heavy (non-hydrogen) atoms. The Morgan fingerprint density at radius 2 is 1.81 bits per heavy atom. The first kappa shape index (κ1) is 17.3. The third-order valence-corrected chi connectivity index (χ3v) is 3.66. The smallest absolute Gasteiger partial charge is 0.332 e. The molecule has 3 N–H and O–H groups in total. The minimum absolute atomic E-state index is 0.237. The number of nitrogens with zero attached hydrogens (tertiary/aromatic N) is 2. The largest absolute Gasteiger partial charge is 0.383 e. The number of anilines is 2. The van der Waals surface area contributed by atoms with Crippen LogP contribution in [0.5, 0.6) is 0 Å². The molecule has 0 spiro atoms. The third kappa shape index (κ3) is 3.89. The first-order valence-corrected chi connectivity index (χ1v) is 7.62. The molecule has 1 aromatic heterocycles. The molecule has 120 valence electrons. The van der Waals surface area contributed by atoms with Crippen molar-refractivity contribution in [3.63, 3.8) is 0 Å². The van der Waals surface area contributed by atoms with Gasteiger partial charge in [0.05, 0.1) is 0 Å². The molecular weight excluding hydrogens is 268 g/mol. The van der Waals surface area contributed by atoms with E-state index in [9.17, 15) is 9.59 Å². The van der Waals surface area contributed by atoms with Crippen LogP contribution >= 0.6 is 0 Å². The molecule has 0 aliphatic carbocycles. The van der Waals surface area contributed by atoms with Gasteiger partial charge < -0.3 is 11.1 Å². The highest BCUT2D eigenvalue weighted by Gasteiger charge is 2.22. The van der Waals surface area contributed by atoms with E-state index in [1.807, 2.05) is 20.8 Å². The van der Waals surface area contributed by atoms with Crippen molar-refractivity contribution in [2.75, 3.05) is 11.1 Å². The summed E-state index contributed by atoms with van der Waals surface area (Å²) in [4.78, 5) is 24.5. The second kappa shape index (κ2) is 6.83. The normalized spacial score (nSPS) is 11.7. The van der Waals surface area contributed by atoms with Crippen molar-refractivity contribution in [1.29, 1.82) is 0 Å². The fourth-order valence-corrected chi connectivity index (χ4v) is 2.46. The summed E-state index contributed by atoms with van der Waals surface area (Å²) >= 11 is 0. The van der Waals surface area contributed by atoms with Crippen molar-refractivity contribution in [2.24, 2.45) is 7.05 Å². The lowest BCUT2D eigenvalue weighted by Gasteiger charge is -2.28. The molecule has 0 unspecified atom stereocenters. The molecule has 1 aromatic rings. The fraction of sp³-hybridized carbons (Fsp3) is 0.733. The van der Waals surface area contributed by atoms with Gasteiger partial charge in [-0.3, -0.25) is 13.9 Å². The number of aromatic nitrogens is 2. The Kier molecular flexibility index (Phi) is 5.63. The summed E-state index contributed by atoms with van der Waals surface area (Å²) < 4.78 is 2.60. The van der Waals surface area contributed by atoms with Gasteiger partial charge in [-0.2, -0.15) is 0 Å². The highest BCUT2D eigenvalue weighted by atomic mass is 16.2. The quantitative estimate of drug-likeness (QED) is 0.805. The summed E-state index contributed by atoms with van der Waals surface area (Å²) in [6.45, 7) is 8.71. The first-order valence-electron chi connectivity index (χ1n) is 7.62. The molecule has 6 heteroatoms. The highest BCUT2D eigenvalue weighted by Crippen LogP contribution is 2.21. The Labute approximate surface area is 126 Å². The van der Waals surface area contributed by atoms with Crippen molar-refractivity contribution in [3.8, 4) is 0 Å². The summed E-state index contributed by atoms with van der Waals surface area (Å²) in [5.41, 5.74) is 5.44. The lowest BCUT2D eigenvalue weighted by atomic mass is 9.99. The Morgan fingerprint density at radius 1 is 1.19 bits per heavy atom. The average molecular weight is 296 g/mol. The van der Waals surface area contributed by atoms with Gasteiger partial charge in [0.25, 0.3) is 5.56 Å². The Hall–Kier alpha value is -1.72. The van der Waals surface area contributed by atoms with Crippen molar-refractivity contribution in [2.45, 2.75) is 65.5 Å². The number of nitrogen functional groups attached to an aromatic ring is 1. The lowest BCUT2D eigenvalue weighted by molar-refractivity contribution is 0.506. The zero-order chi connectivity index (χ0) is 16.2. The number of hydrogen-bond donors (Lipinski definition) is 2. The highest BCUT2D eigenvalue weighted by molar-refractivity contribution is 5.61. The molecular formula is C15H28N4O2. The van der Waals surface area contributed by atoms with E-state index < -0.39 is 0 Å². The average Bonchev–Trinajstić information content (AvgIpc) is 2.41. The minimum atomic E-state index is -0.366. The molecule has 0 aromatic carbocycles. The van der Waals surface area contributed by atoms with Crippen LogP contribution < -0.4 is 22.3 Å². The maximum Gasteiger partial charge on any atom is 0.332 e. The van der Waals surface area contributed by atoms with Crippen LogP contribution in [0.3, 0.4) is 0 Å². The van der Waals surface area contributed by atoms with Gasteiger partial charge in [0.1, 0.15) is 11.5 Å². The standard InChI is InChI=1S/C15H28N4O2/c1-6-8-10-19-12(16)11(13(20)18(5)14(19)21)17-15(3,4)9-7-2/h17H,6-10,16H2,1-5H3. The summed E-state index contributed by atoms with van der Waals surface area (Å²) in [6.07, 6.45) is 3.71. The zero-order valence-corrected chi connectivity index (χ0v) is 13.8. The van der Waals surface area contributed by atoms with E-state index in [1.165, 1.54) is 11.6 Å². The maximum absolute atomic E-state index is 12.3. The maximum atomic E-state index is 12.3. The van der Waals surface area contributed by atoms with Crippen molar-refractivity contribution >= 4 is 11.5 Å². The topological polar surface area (TPSA) is 82.0 Å². The molecule has 0 bridgehead atoms. The predicted molar refractivity (Wildman–Crippen MR) is 87.9 cm³/mol. The Balaban J connectivity index is 3.35. The van der Waals surface area contributed by atoms with E-state index in [-0.39, 0.29) is 22.6 Å². The van der Waals surface area contributed by atoms with Gasteiger partial charge in [-0.25, -0.2) is 4.79 Å².